The minimum Gasteiger partial charge on any atom is -0.497 e. The highest BCUT2D eigenvalue weighted by atomic mass is 16.5. The lowest BCUT2D eigenvalue weighted by Gasteiger charge is -2.24. The molecule has 2 aromatic heterocycles. The Morgan fingerprint density at radius 1 is 1.00 bits per heavy atom. The Balaban J connectivity index is 1.40. The molecule has 1 aliphatic rings. The zero-order valence-corrected chi connectivity index (χ0v) is 23.0. The number of fused-ring (bicyclic) bond motifs is 1. The first-order valence-corrected chi connectivity index (χ1v) is 13.4. The van der Waals surface area contributed by atoms with Crippen LogP contribution in [0.4, 0.5) is 16.3 Å². The number of amides is 2. The third-order valence-corrected chi connectivity index (χ3v) is 6.94. The van der Waals surface area contributed by atoms with E-state index in [1.807, 2.05) is 46.8 Å². The van der Waals surface area contributed by atoms with Gasteiger partial charge in [-0.05, 0) is 44.0 Å². The van der Waals surface area contributed by atoms with Gasteiger partial charge in [-0.2, -0.15) is 5.10 Å². The molecule has 39 heavy (non-hydrogen) atoms. The second-order valence-electron chi connectivity index (χ2n) is 9.57. The first kappa shape index (κ1) is 26.3. The summed E-state index contributed by atoms with van der Waals surface area (Å²) in [4.78, 5) is 27.3. The third kappa shape index (κ3) is 5.45. The van der Waals surface area contributed by atoms with Gasteiger partial charge in [-0.15, -0.1) is 0 Å². The van der Waals surface area contributed by atoms with Crippen LogP contribution in [0.2, 0.25) is 0 Å². The summed E-state index contributed by atoms with van der Waals surface area (Å²) in [6, 6.07) is 15.3. The maximum atomic E-state index is 13.2. The number of nitrogens with one attached hydrogen (secondary N) is 1. The van der Waals surface area contributed by atoms with Crippen LogP contribution in [0.3, 0.4) is 0 Å². The lowest BCUT2D eigenvalue weighted by Crippen LogP contribution is -2.38. The van der Waals surface area contributed by atoms with Gasteiger partial charge in [-0.1, -0.05) is 25.1 Å². The molecule has 1 aliphatic heterocycles. The number of aromatic nitrogens is 4. The van der Waals surface area contributed by atoms with Gasteiger partial charge in [0.2, 0.25) is 0 Å². The molecule has 0 saturated carbocycles. The van der Waals surface area contributed by atoms with Gasteiger partial charge in [0.25, 0.3) is 0 Å². The summed E-state index contributed by atoms with van der Waals surface area (Å²) in [5.74, 6) is 2.92. The Hall–Kier alpha value is -4.34. The van der Waals surface area contributed by atoms with Gasteiger partial charge in [0.15, 0.2) is 5.65 Å². The Bertz CT molecular complexity index is 1450. The Morgan fingerprint density at radius 2 is 1.82 bits per heavy atom. The first-order chi connectivity index (χ1) is 19.0. The van der Waals surface area contributed by atoms with E-state index in [4.69, 9.17) is 24.5 Å². The topological polar surface area (TPSA) is 97.6 Å². The smallest absolute Gasteiger partial charge is 0.322 e. The zero-order chi connectivity index (χ0) is 27.4. The number of ether oxygens (including phenoxy) is 2. The fourth-order valence-corrected chi connectivity index (χ4v) is 4.95. The summed E-state index contributed by atoms with van der Waals surface area (Å²) in [6.45, 7) is 6.77. The molecule has 10 nitrogen and oxygen atoms in total. The third-order valence-electron chi connectivity index (χ3n) is 6.94. The number of rotatable bonds is 7. The van der Waals surface area contributed by atoms with Crippen LogP contribution >= 0.6 is 0 Å². The van der Waals surface area contributed by atoms with Crippen molar-refractivity contribution in [2.24, 2.45) is 0 Å². The summed E-state index contributed by atoms with van der Waals surface area (Å²) < 4.78 is 12.6. The monoisotopic (exact) mass is 529 g/mol. The van der Waals surface area contributed by atoms with Crippen LogP contribution in [-0.2, 0) is 6.42 Å². The van der Waals surface area contributed by atoms with Crippen molar-refractivity contribution in [3.8, 4) is 17.2 Å². The number of hydrogen-bond acceptors (Lipinski definition) is 7. The van der Waals surface area contributed by atoms with Crippen molar-refractivity contribution >= 4 is 28.6 Å². The maximum absolute atomic E-state index is 13.2. The molecule has 1 fully saturated rings. The van der Waals surface area contributed by atoms with Crippen molar-refractivity contribution < 1.29 is 14.3 Å². The van der Waals surface area contributed by atoms with Crippen LogP contribution < -0.4 is 19.7 Å². The molecule has 0 radical (unpaired) electrons. The van der Waals surface area contributed by atoms with Crippen LogP contribution in [0.25, 0.3) is 16.7 Å². The van der Waals surface area contributed by atoms with Gasteiger partial charge in [-0.25, -0.2) is 19.4 Å². The molecule has 0 atom stereocenters. The zero-order valence-electron chi connectivity index (χ0n) is 23.0. The average Bonchev–Trinajstić information content (AvgIpc) is 3.12. The molecule has 2 aromatic carbocycles. The SMILES string of the molecule is CCCc1nc(N2CCCN(C(=O)Nc3ccc(OC)cc3OC)CC2)c2c(C)nn(-c3ccccc3)c2n1. The van der Waals surface area contributed by atoms with Crippen molar-refractivity contribution in [1.82, 2.24) is 24.6 Å². The molecular weight excluding hydrogens is 494 g/mol. The van der Waals surface area contributed by atoms with Gasteiger partial charge >= 0.3 is 6.03 Å². The highest BCUT2D eigenvalue weighted by Crippen LogP contribution is 2.31. The number of hydrogen-bond donors (Lipinski definition) is 1. The van der Waals surface area contributed by atoms with Crippen LogP contribution in [0.5, 0.6) is 11.5 Å². The predicted molar refractivity (Wildman–Crippen MR) is 152 cm³/mol. The number of carbonyl (C=O) groups excluding carboxylic acids is 1. The van der Waals surface area contributed by atoms with Crippen LogP contribution in [0, 0.1) is 6.92 Å². The number of anilines is 2. The predicted octanol–water partition coefficient (Wildman–Crippen LogP) is 4.84. The molecule has 0 spiro atoms. The fraction of sp³-hybridized carbons (Fsp3) is 0.379. The van der Waals surface area contributed by atoms with E-state index in [9.17, 15) is 4.79 Å². The van der Waals surface area contributed by atoms with Crippen molar-refractivity contribution in [2.75, 3.05) is 50.6 Å². The van der Waals surface area contributed by atoms with E-state index in [1.165, 1.54) is 0 Å². The Morgan fingerprint density at radius 3 is 2.56 bits per heavy atom. The Kier molecular flexibility index (Phi) is 7.81. The van der Waals surface area contributed by atoms with E-state index < -0.39 is 0 Å². The Labute approximate surface area is 228 Å². The van der Waals surface area contributed by atoms with E-state index in [0.717, 1.165) is 59.9 Å². The maximum Gasteiger partial charge on any atom is 0.322 e. The van der Waals surface area contributed by atoms with E-state index in [1.54, 1.807) is 32.4 Å². The summed E-state index contributed by atoms with van der Waals surface area (Å²) >= 11 is 0. The normalized spacial score (nSPS) is 13.8. The fourth-order valence-electron chi connectivity index (χ4n) is 4.95. The second kappa shape index (κ2) is 11.6. The molecule has 1 saturated heterocycles. The van der Waals surface area contributed by atoms with E-state index >= 15 is 0 Å². The quantitative estimate of drug-likeness (QED) is 0.366. The van der Waals surface area contributed by atoms with E-state index in [2.05, 4.69) is 17.1 Å². The first-order valence-electron chi connectivity index (χ1n) is 13.4. The lowest BCUT2D eigenvalue weighted by molar-refractivity contribution is 0.215. The lowest BCUT2D eigenvalue weighted by atomic mass is 10.2. The minimum absolute atomic E-state index is 0.159. The van der Waals surface area contributed by atoms with Gasteiger partial charge in [0.1, 0.15) is 23.1 Å². The number of para-hydroxylation sites is 1. The number of benzene rings is 2. The van der Waals surface area contributed by atoms with Crippen molar-refractivity contribution in [1.29, 1.82) is 0 Å². The highest BCUT2D eigenvalue weighted by Gasteiger charge is 2.25. The summed E-state index contributed by atoms with van der Waals surface area (Å²) in [5.41, 5.74) is 3.28. The number of methoxy groups -OCH3 is 2. The minimum atomic E-state index is -0.159. The molecule has 0 aliphatic carbocycles. The standard InChI is InChI=1S/C29H35N7O3/c1-5-10-25-31-27(26-20(2)33-36(28(26)32-25)21-11-7-6-8-12-21)34-15-9-16-35(18-17-34)29(37)30-23-14-13-22(38-3)19-24(23)39-4/h6-8,11-14,19H,5,9-10,15-18H2,1-4H3,(H,30,37). The van der Waals surface area contributed by atoms with Gasteiger partial charge in [0.05, 0.1) is 36.7 Å². The number of nitrogens with zero attached hydrogens (tertiary/aromatic N) is 6. The molecular formula is C29H35N7O3. The summed E-state index contributed by atoms with van der Waals surface area (Å²) in [5, 5.41) is 8.81. The average molecular weight is 530 g/mol. The van der Waals surface area contributed by atoms with Gasteiger partial charge in [0, 0.05) is 38.7 Å². The molecule has 4 aromatic rings. The number of carbonyl (C=O) groups is 1. The molecule has 3 heterocycles. The molecule has 0 unspecified atom stereocenters. The van der Waals surface area contributed by atoms with E-state index in [0.29, 0.717) is 36.8 Å². The van der Waals surface area contributed by atoms with Gasteiger partial charge in [-0.3, -0.25) is 0 Å². The molecule has 5 rings (SSSR count). The second-order valence-corrected chi connectivity index (χ2v) is 9.57. The highest BCUT2D eigenvalue weighted by molar-refractivity contribution is 5.92. The summed E-state index contributed by atoms with van der Waals surface area (Å²) in [7, 11) is 3.17. The van der Waals surface area contributed by atoms with Crippen molar-refractivity contribution in [3.63, 3.8) is 0 Å². The van der Waals surface area contributed by atoms with Crippen LogP contribution in [0.15, 0.2) is 48.5 Å². The summed E-state index contributed by atoms with van der Waals surface area (Å²) in [6.07, 6.45) is 2.55. The number of aryl methyl sites for hydroxylation is 2. The van der Waals surface area contributed by atoms with Crippen molar-refractivity contribution in [3.05, 3.63) is 60.0 Å². The van der Waals surface area contributed by atoms with E-state index in [-0.39, 0.29) is 6.03 Å². The molecule has 10 heteroatoms. The molecule has 1 N–H and O–H groups in total. The molecule has 0 bridgehead atoms. The van der Waals surface area contributed by atoms with Gasteiger partial charge < -0.3 is 24.6 Å². The molecule has 204 valence electrons. The van der Waals surface area contributed by atoms with Crippen molar-refractivity contribution in [2.45, 2.75) is 33.1 Å². The largest absolute Gasteiger partial charge is 0.497 e. The van der Waals surface area contributed by atoms with Crippen LogP contribution in [-0.4, -0.2) is 71.1 Å². The molecule has 2 amide bonds. The number of urea groups is 1. The van der Waals surface area contributed by atoms with Crippen LogP contribution in [0.1, 0.15) is 31.3 Å².